The quantitative estimate of drug-likeness (QED) is 0.740. The fourth-order valence-electron chi connectivity index (χ4n) is 1.05. The van der Waals surface area contributed by atoms with Gasteiger partial charge in [0, 0.05) is 11.0 Å². The van der Waals surface area contributed by atoms with Crippen molar-refractivity contribution in [2.75, 3.05) is 17.6 Å². The van der Waals surface area contributed by atoms with Crippen molar-refractivity contribution in [3.05, 3.63) is 22.7 Å². The van der Waals surface area contributed by atoms with Crippen LogP contribution in [0.1, 0.15) is 13.3 Å². The molecule has 0 heterocycles. The summed E-state index contributed by atoms with van der Waals surface area (Å²) < 4.78 is 0.888. The highest BCUT2D eigenvalue weighted by Gasteiger charge is 2.03. The molecule has 0 aliphatic heterocycles. The predicted octanol–water partition coefficient (Wildman–Crippen LogP) is 2.56. The SMILES string of the molecule is CCCNC(=O)Nc1ccc(Br)cc1N. The van der Waals surface area contributed by atoms with Crippen LogP contribution in [-0.4, -0.2) is 12.6 Å². The lowest BCUT2D eigenvalue weighted by Gasteiger charge is -2.09. The van der Waals surface area contributed by atoms with Gasteiger partial charge in [-0.15, -0.1) is 0 Å². The van der Waals surface area contributed by atoms with Crippen molar-refractivity contribution in [2.45, 2.75) is 13.3 Å². The van der Waals surface area contributed by atoms with Crippen molar-refractivity contribution in [3.8, 4) is 0 Å². The maximum absolute atomic E-state index is 11.3. The molecular formula is C10H14BrN3O. The fourth-order valence-corrected chi connectivity index (χ4v) is 1.43. The van der Waals surface area contributed by atoms with Gasteiger partial charge in [0.2, 0.25) is 0 Å². The Morgan fingerprint density at radius 3 is 2.87 bits per heavy atom. The summed E-state index contributed by atoms with van der Waals surface area (Å²) in [5, 5.41) is 5.38. The van der Waals surface area contributed by atoms with Crippen molar-refractivity contribution >= 4 is 33.3 Å². The van der Waals surface area contributed by atoms with Gasteiger partial charge in [-0.3, -0.25) is 0 Å². The minimum Gasteiger partial charge on any atom is -0.397 e. The summed E-state index contributed by atoms with van der Waals surface area (Å²) in [6, 6.07) is 5.09. The number of nitrogens with one attached hydrogen (secondary N) is 2. The van der Waals surface area contributed by atoms with Gasteiger partial charge >= 0.3 is 6.03 Å². The second-order valence-corrected chi connectivity index (χ2v) is 4.03. The van der Waals surface area contributed by atoms with E-state index in [0.29, 0.717) is 17.9 Å². The first kappa shape index (κ1) is 11.8. The number of benzene rings is 1. The van der Waals surface area contributed by atoms with Gasteiger partial charge in [0.15, 0.2) is 0 Å². The van der Waals surface area contributed by atoms with Gasteiger partial charge in [-0.1, -0.05) is 22.9 Å². The first-order valence-electron chi connectivity index (χ1n) is 4.73. The van der Waals surface area contributed by atoms with E-state index >= 15 is 0 Å². The molecule has 5 heteroatoms. The van der Waals surface area contributed by atoms with Crippen molar-refractivity contribution in [1.82, 2.24) is 5.32 Å². The summed E-state index contributed by atoms with van der Waals surface area (Å²) in [5.41, 5.74) is 6.88. The van der Waals surface area contributed by atoms with Gasteiger partial charge in [0.1, 0.15) is 0 Å². The normalized spacial score (nSPS) is 9.73. The molecule has 4 nitrogen and oxygen atoms in total. The highest BCUT2D eigenvalue weighted by Crippen LogP contribution is 2.22. The van der Waals surface area contributed by atoms with Crippen molar-refractivity contribution in [3.63, 3.8) is 0 Å². The molecule has 0 fully saturated rings. The van der Waals surface area contributed by atoms with E-state index in [1.165, 1.54) is 0 Å². The molecule has 0 atom stereocenters. The van der Waals surface area contributed by atoms with Crippen LogP contribution in [0.15, 0.2) is 22.7 Å². The molecule has 0 aliphatic rings. The molecule has 0 bridgehead atoms. The highest BCUT2D eigenvalue weighted by molar-refractivity contribution is 9.10. The molecule has 0 spiro atoms. The lowest BCUT2D eigenvalue weighted by Crippen LogP contribution is -2.29. The van der Waals surface area contributed by atoms with Crippen LogP contribution >= 0.6 is 15.9 Å². The standard InChI is InChI=1S/C10H14BrN3O/c1-2-5-13-10(15)14-9-4-3-7(11)6-8(9)12/h3-4,6H,2,5,12H2,1H3,(H2,13,14,15). The summed E-state index contributed by atoms with van der Waals surface area (Å²) >= 11 is 3.30. The number of anilines is 2. The molecule has 0 aromatic heterocycles. The van der Waals surface area contributed by atoms with E-state index in [-0.39, 0.29) is 6.03 Å². The third kappa shape index (κ3) is 3.79. The number of amides is 2. The Balaban J connectivity index is 2.60. The molecule has 4 N–H and O–H groups in total. The summed E-state index contributed by atoms with van der Waals surface area (Å²) in [6.07, 6.45) is 0.906. The van der Waals surface area contributed by atoms with Gasteiger partial charge in [0.05, 0.1) is 11.4 Å². The third-order valence-electron chi connectivity index (χ3n) is 1.80. The highest BCUT2D eigenvalue weighted by atomic mass is 79.9. The van der Waals surface area contributed by atoms with E-state index in [2.05, 4.69) is 26.6 Å². The first-order valence-corrected chi connectivity index (χ1v) is 5.52. The van der Waals surface area contributed by atoms with Gasteiger partial charge in [-0.2, -0.15) is 0 Å². The molecule has 1 rings (SSSR count). The molecule has 2 amide bonds. The maximum atomic E-state index is 11.3. The Morgan fingerprint density at radius 1 is 1.53 bits per heavy atom. The minimum atomic E-state index is -0.231. The van der Waals surface area contributed by atoms with E-state index in [1.807, 2.05) is 13.0 Å². The van der Waals surface area contributed by atoms with Gasteiger partial charge in [0.25, 0.3) is 0 Å². The Labute approximate surface area is 97.4 Å². The Kier molecular flexibility index (Phi) is 4.42. The zero-order valence-corrected chi connectivity index (χ0v) is 10.1. The van der Waals surface area contributed by atoms with Crippen LogP contribution in [0.4, 0.5) is 16.2 Å². The zero-order valence-electron chi connectivity index (χ0n) is 8.51. The smallest absolute Gasteiger partial charge is 0.319 e. The lowest BCUT2D eigenvalue weighted by molar-refractivity contribution is 0.252. The van der Waals surface area contributed by atoms with Crippen LogP contribution in [0, 0.1) is 0 Å². The number of rotatable bonds is 3. The van der Waals surface area contributed by atoms with Crippen molar-refractivity contribution in [1.29, 1.82) is 0 Å². The van der Waals surface area contributed by atoms with Crippen LogP contribution in [0.5, 0.6) is 0 Å². The van der Waals surface area contributed by atoms with Crippen LogP contribution < -0.4 is 16.4 Å². The summed E-state index contributed by atoms with van der Waals surface area (Å²) in [4.78, 5) is 11.3. The number of urea groups is 1. The van der Waals surface area contributed by atoms with Crippen LogP contribution in [0.2, 0.25) is 0 Å². The minimum absolute atomic E-state index is 0.231. The van der Waals surface area contributed by atoms with E-state index < -0.39 is 0 Å². The van der Waals surface area contributed by atoms with Gasteiger partial charge < -0.3 is 16.4 Å². The number of nitrogens with two attached hydrogens (primary N) is 1. The molecule has 82 valence electrons. The topological polar surface area (TPSA) is 67.2 Å². The summed E-state index contributed by atoms with van der Waals surface area (Å²) in [6.45, 7) is 2.65. The van der Waals surface area contributed by atoms with Crippen LogP contribution in [0.25, 0.3) is 0 Å². The predicted molar refractivity (Wildman–Crippen MR) is 65.9 cm³/mol. The monoisotopic (exact) mass is 271 g/mol. The maximum Gasteiger partial charge on any atom is 0.319 e. The van der Waals surface area contributed by atoms with Crippen LogP contribution in [0.3, 0.4) is 0 Å². The van der Waals surface area contributed by atoms with E-state index in [9.17, 15) is 4.79 Å². The van der Waals surface area contributed by atoms with Gasteiger partial charge in [-0.05, 0) is 24.6 Å². The third-order valence-corrected chi connectivity index (χ3v) is 2.29. The van der Waals surface area contributed by atoms with E-state index in [1.54, 1.807) is 12.1 Å². The van der Waals surface area contributed by atoms with E-state index in [0.717, 1.165) is 10.9 Å². The molecule has 0 saturated carbocycles. The number of nitrogen functional groups attached to an aromatic ring is 1. The molecule has 1 aromatic rings. The van der Waals surface area contributed by atoms with E-state index in [4.69, 9.17) is 5.73 Å². The molecular weight excluding hydrogens is 258 g/mol. The summed E-state index contributed by atoms with van der Waals surface area (Å²) in [7, 11) is 0. The Hall–Kier alpha value is -1.23. The average molecular weight is 272 g/mol. The molecule has 0 saturated heterocycles. The molecule has 0 radical (unpaired) electrons. The first-order chi connectivity index (χ1) is 7.13. The lowest BCUT2D eigenvalue weighted by atomic mass is 10.3. The number of halogens is 1. The zero-order chi connectivity index (χ0) is 11.3. The summed E-state index contributed by atoms with van der Waals surface area (Å²) in [5.74, 6) is 0. The average Bonchev–Trinajstić information content (AvgIpc) is 2.19. The molecule has 0 unspecified atom stereocenters. The van der Waals surface area contributed by atoms with Crippen LogP contribution in [-0.2, 0) is 0 Å². The number of carbonyl (C=O) groups excluding carboxylic acids is 1. The molecule has 0 aliphatic carbocycles. The largest absolute Gasteiger partial charge is 0.397 e. The van der Waals surface area contributed by atoms with Crippen molar-refractivity contribution in [2.24, 2.45) is 0 Å². The van der Waals surface area contributed by atoms with Gasteiger partial charge in [-0.25, -0.2) is 4.79 Å². The Bertz CT molecular complexity index is 355. The number of hydrogen-bond acceptors (Lipinski definition) is 2. The second-order valence-electron chi connectivity index (χ2n) is 3.11. The van der Waals surface area contributed by atoms with Crippen molar-refractivity contribution < 1.29 is 4.79 Å². The number of carbonyl (C=O) groups is 1. The fraction of sp³-hybridized carbons (Fsp3) is 0.300. The molecule has 15 heavy (non-hydrogen) atoms. The Morgan fingerprint density at radius 2 is 2.27 bits per heavy atom. The molecule has 1 aromatic carbocycles. The number of hydrogen-bond donors (Lipinski definition) is 3. The second kappa shape index (κ2) is 5.60.